The van der Waals surface area contributed by atoms with Gasteiger partial charge in [-0.1, -0.05) is 18.2 Å². The van der Waals surface area contributed by atoms with Gasteiger partial charge < -0.3 is 24.4 Å². The molecule has 0 saturated carbocycles. The van der Waals surface area contributed by atoms with Crippen LogP contribution < -0.4 is 19.7 Å². The summed E-state index contributed by atoms with van der Waals surface area (Å²) < 4.78 is 32.1. The topological polar surface area (TPSA) is 60.0 Å². The zero-order chi connectivity index (χ0) is 22.9. The van der Waals surface area contributed by atoms with E-state index in [-0.39, 0.29) is 42.7 Å². The summed E-state index contributed by atoms with van der Waals surface area (Å²) in [7, 11) is 0. The van der Waals surface area contributed by atoms with E-state index in [9.17, 15) is 9.18 Å². The van der Waals surface area contributed by atoms with Crippen molar-refractivity contribution in [1.29, 1.82) is 0 Å². The summed E-state index contributed by atoms with van der Waals surface area (Å²) in [4.78, 5) is 14.3. The third-order valence-corrected chi connectivity index (χ3v) is 5.68. The lowest BCUT2D eigenvalue weighted by Gasteiger charge is -2.37. The minimum atomic E-state index is -0.297. The monoisotopic (exact) mass is 442 g/mol. The number of anilines is 1. The largest absolute Gasteiger partial charge is 0.483 e. The van der Waals surface area contributed by atoms with Crippen LogP contribution in [0.2, 0.25) is 0 Å². The summed E-state index contributed by atoms with van der Waals surface area (Å²) >= 11 is 0. The summed E-state index contributed by atoms with van der Waals surface area (Å²) in [5.41, 5.74) is 2.05. The molecule has 4 rings (SSSR count). The predicted octanol–water partition coefficient (Wildman–Crippen LogP) is 3.85. The zero-order valence-corrected chi connectivity index (χ0v) is 19.1. The quantitative estimate of drug-likeness (QED) is 0.737. The molecule has 2 aliphatic heterocycles. The van der Waals surface area contributed by atoms with Gasteiger partial charge in [0.15, 0.2) is 18.1 Å². The van der Waals surface area contributed by atoms with Gasteiger partial charge in [0.25, 0.3) is 5.91 Å². The Labute approximate surface area is 188 Å². The van der Waals surface area contributed by atoms with Crippen LogP contribution in [0.3, 0.4) is 0 Å². The highest BCUT2D eigenvalue weighted by Gasteiger charge is 2.32. The van der Waals surface area contributed by atoms with E-state index in [0.717, 1.165) is 12.0 Å². The van der Waals surface area contributed by atoms with E-state index in [1.807, 2.05) is 50.8 Å². The Bertz CT molecular complexity index is 984. The first kappa shape index (κ1) is 22.4. The molecule has 32 heavy (non-hydrogen) atoms. The van der Waals surface area contributed by atoms with Crippen LogP contribution >= 0.6 is 0 Å². The van der Waals surface area contributed by atoms with E-state index < -0.39 is 0 Å². The molecular formula is C25H31FN2O4. The van der Waals surface area contributed by atoms with Gasteiger partial charge in [-0.05, 0) is 51.5 Å². The Morgan fingerprint density at radius 2 is 1.97 bits per heavy atom. The fourth-order valence-corrected chi connectivity index (χ4v) is 4.39. The standard InChI is InChI=1S/C25H31FN2O4/c1-16-13-28(14-17(2)31-16)21-9-8-18(10-20(21)26)12-27-23(29)15-30-22-7-5-6-19-11-25(3,4)32-24(19)22/h5-10,16-17H,11-15H2,1-4H3,(H,27,29). The van der Waals surface area contributed by atoms with Crippen LogP contribution in [-0.4, -0.2) is 43.4 Å². The van der Waals surface area contributed by atoms with Crippen LogP contribution in [0.5, 0.6) is 11.5 Å². The highest BCUT2D eigenvalue weighted by atomic mass is 19.1. The molecular weight excluding hydrogens is 411 g/mol. The highest BCUT2D eigenvalue weighted by molar-refractivity contribution is 5.77. The number of ether oxygens (including phenoxy) is 3. The Hall–Kier alpha value is -2.80. The Kier molecular flexibility index (Phi) is 6.29. The van der Waals surface area contributed by atoms with Gasteiger partial charge in [0, 0.05) is 31.6 Å². The fraction of sp³-hybridized carbons (Fsp3) is 0.480. The van der Waals surface area contributed by atoms with Crippen molar-refractivity contribution < 1.29 is 23.4 Å². The number of hydrogen-bond acceptors (Lipinski definition) is 5. The predicted molar refractivity (Wildman–Crippen MR) is 121 cm³/mol. The Morgan fingerprint density at radius 3 is 2.69 bits per heavy atom. The second-order valence-corrected chi connectivity index (χ2v) is 9.30. The lowest BCUT2D eigenvalue weighted by atomic mass is 10.0. The minimum Gasteiger partial charge on any atom is -0.483 e. The lowest BCUT2D eigenvalue weighted by molar-refractivity contribution is -0.123. The van der Waals surface area contributed by atoms with Crippen molar-refractivity contribution in [2.45, 2.75) is 58.5 Å². The number of halogens is 1. The minimum absolute atomic E-state index is 0.0550. The molecule has 0 aromatic heterocycles. The molecule has 1 saturated heterocycles. The van der Waals surface area contributed by atoms with Crippen molar-refractivity contribution in [2.75, 3.05) is 24.6 Å². The summed E-state index contributed by atoms with van der Waals surface area (Å²) in [5, 5.41) is 2.79. The molecule has 6 nitrogen and oxygen atoms in total. The molecule has 0 aliphatic carbocycles. The molecule has 1 fully saturated rings. The average Bonchev–Trinajstić information content (AvgIpc) is 3.04. The van der Waals surface area contributed by atoms with Gasteiger partial charge in [0.1, 0.15) is 11.4 Å². The van der Waals surface area contributed by atoms with Crippen LogP contribution in [0.1, 0.15) is 38.8 Å². The molecule has 2 aromatic rings. The number of amides is 1. The number of fused-ring (bicyclic) bond motifs is 1. The number of hydrogen-bond donors (Lipinski definition) is 1. The second-order valence-electron chi connectivity index (χ2n) is 9.30. The van der Waals surface area contributed by atoms with E-state index >= 15 is 0 Å². The number of benzene rings is 2. The van der Waals surface area contributed by atoms with Crippen molar-refractivity contribution in [1.82, 2.24) is 5.32 Å². The normalized spacial score (nSPS) is 21.6. The molecule has 0 spiro atoms. The second kappa shape index (κ2) is 8.98. The van der Waals surface area contributed by atoms with E-state index in [2.05, 4.69) is 5.32 Å². The molecule has 7 heteroatoms. The van der Waals surface area contributed by atoms with Crippen LogP contribution in [0, 0.1) is 5.82 Å². The Balaban J connectivity index is 1.31. The summed E-state index contributed by atoms with van der Waals surface area (Å²) in [6.07, 6.45) is 0.911. The number of rotatable bonds is 6. The van der Waals surface area contributed by atoms with Crippen molar-refractivity contribution in [3.05, 3.63) is 53.3 Å². The van der Waals surface area contributed by atoms with E-state index in [0.29, 0.717) is 35.8 Å². The van der Waals surface area contributed by atoms with Gasteiger partial charge in [-0.25, -0.2) is 4.39 Å². The van der Waals surface area contributed by atoms with Crippen LogP contribution in [0.25, 0.3) is 0 Å². The number of morpholine rings is 1. The SMILES string of the molecule is CC1CN(c2ccc(CNC(=O)COc3cccc4c3OC(C)(C)C4)cc2F)CC(C)O1. The molecule has 2 aromatic carbocycles. The number of nitrogens with one attached hydrogen (secondary N) is 1. The van der Waals surface area contributed by atoms with Crippen molar-refractivity contribution in [2.24, 2.45) is 0 Å². The molecule has 2 atom stereocenters. The zero-order valence-electron chi connectivity index (χ0n) is 19.1. The van der Waals surface area contributed by atoms with Crippen LogP contribution in [-0.2, 0) is 22.5 Å². The summed E-state index contributed by atoms with van der Waals surface area (Å²) in [6.45, 7) is 9.42. The maximum absolute atomic E-state index is 14.7. The molecule has 0 bridgehead atoms. The summed E-state index contributed by atoms with van der Waals surface area (Å²) in [6, 6.07) is 10.8. The Morgan fingerprint density at radius 1 is 1.22 bits per heavy atom. The average molecular weight is 443 g/mol. The van der Waals surface area contributed by atoms with Gasteiger partial charge in [-0.2, -0.15) is 0 Å². The number of nitrogens with zero attached hydrogens (tertiary/aromatic N) is 1. The number of carbonyl (C=O) groups is 1. The maximum Gasteiger partial charge on any atom is 0.258 e. The molecule has 1 amide bonds. The van der Waals surface area contributed by atoms with Gasteiger partial charge in [0.2, 0.25) is 0 Å². The maximum atomic E-state index is 14.7. The van der Waals surface area contributed by atoms with Crippen molar-refractivity contribution in [3.63, 3.8) is 0 Å². The van der Waals surface area contributed by atoms with Gasteiger partial charge in [-0.15, -0.1) is 0 Å². The van der Waals surface area contributed by atoms with Gasteiger partial charge in [0.05, 0.1) is 17.9 Å². The van der Waals surface area contributed by atoms with Crippen molar-refractivity contribution in [3.8, 4) is 11.5 Å². The molecule has 2 heterocycles. The first-order valence-electron chi connectivity index (χ1n) is 11.1. The molecule has 2 unspecified atom stereocenters. The van der Waals surface area contributed by atoms with E-state index in [1.165, 1.54) is 6.07 Å². The third-order valence-electron chi connectivity index (χ3n) is 5.68. The number of para-hydroxylation sites is 1. The third kappa shape index (κ3) is 5.15. The van der Waals surface area contributed by atoms with Crippen molar-refractivity contribution >= 4 is 11.6 Å². The lowest BCUT2D eigenvalue weighted by Crippen LogP contribution is -2.45. The number of carbonyl (C=O) groups excluding carboxylic acids is 1. The first-order chi connectivity index (χ1) is 15.2. The van der Waals surface area contributed by atoms with E-state index in [1.54, 1.807) is 12.1 Å². The smallest absolute Gasteiger partial charge is 0.258 e. The molecule has 2 aliphatic rings. The first-order valence-corrected chi connectivity index (χ1v) is 11.1. The van der Waals surface area contributed by atoms with Crippen LogP contribution in [0.15, 0.2) is 36.4 Å². The fourth-order valence-electron chi connectivity index (χ4n) is 4.39. The van der Waals surface area contributed by atoms with E-state index in [4.69, 9.17) is 14.2 Å². The molecule has 1 N–H and O–H groups in total. The molecule has 0 radical (unpaired) electrons. The highest BCUT2D eigenvalue weighted by Crippen LogP contribution is 2.41. The van der Waals surface area contributed by atoms with Crippen LogP contribution in [0.4, 0.5) is 10.1 Å². The van der Waals surface area contributed by atoms with Gasteiger partial charge in [-0.3, -0.25) is 4.79 Å². The molecule has 172 valence electrons. The van der Waals surface area contributed by atoms with Gasteiger partial charge >= 0.3 is 0 Å². The summed E-state index contributed by atoms with van der Waals surface area (Å²) in [5.74, 6) is 0.691.